The van der Waals surface area contributed by atoms with Crippen LogP contribution in [0.15, 0.2) is 72.9 Å². The van der Waals surface area contributed by atoms with E-state index in [-0.39, 0.29) is 24.1 Å². The van der Waals surface area contributed by atoms with Crippen LogP contribution in [0.5, 0.6) is 5.75 Å². The Balaban J connectivity index is 1.53. The number of unbranched alkanes of at least 4 members (excludes halogenated alkanes) is 1. The van der Waals surface area contributed by atoms with Gasteiger partial charge in [0.1, 0.15) is 17.7 Å². The van der Waals surface area contributed by atoms with E-state index in [1.165, 1.54) is 0 Å². The minimum atomic E-state index is -0.829. The molecule has 1 N–H and O–H groups in total. The first-order valence-electron chi connectivity index (χ1n) is 14.2. The molecule has 1 atom stereocenters. The van der Waals surface area contributed by atoms with E-state index in [0.717, 1.165) is 41.6 Å². The van der Waals surface area contributed by atoms with Crippen LogP contribution in [0, 0.1) is 11.7 Å². The smallest absolute Gasteiger partial charge is 0.303 e. The lowest BCUT2D eigenvalue weighted by atomic mass is 9.97. The molecule has 0 saturated heterocycles. The number of carboxylic acids is 1. The number of carbonyl (C=O) groups excluding carboxylic acids is 1. The minimum Gasteiger partial charge on any atom is -0.486 e. The number of hydrogen-bond donors (Lipinski definition) is 1. The van der Waals surface area contributed by atoms with Gasteiger partial charge in [0.25, 0.3) is 0 Å². The van der Waals surface area contributed by atoms with Gasteiger partial charge in [-0.1, -0.05) is 45.4 Å². The van der Waals surface area contributed by atoms with Crippen molar-refractivity contribution in [3.63, 3.8) is 0 Å². The minimum absolute atomic E-state index is 0.0821. The summed E-state index contributed by atoms with van der Waals surface area (Å²) in [6, 6.07) is 20.1. The zero-order valence-electron chi connectivity index (χ0n) is 23.5. The number of ketones is 1. The van der Waals surface area contributed by atoms with Gasteiger partial charge in [0.15, 0.2) is 5.78 Å². The summed E-state index contributed by atoms with van der Waals surface area (Å²) in [4.78, 5) is 24.5. The van der Waals surface area contributed by atoms with Gasteiger partial charge < -0.3 is 14.2 Å². The van der Waals surface area contributed by atoms with Crippen molar-refractivity contribution < 1.29 is 23.8 Å². The molecule has 0 aliphatic carbocycles. The number of halogens is 1. The molecule has 0 saturated carbocycles. The van der Waals surface area contributed by atoms with E-state index in [1.807, 2.05) is 47.0 Å². The first kappa shape index (κ1) is 29.1. The van der Waals surface area contributed by atoms with Crippen LogP contribution in [-0.4, -0.2) is 21.3 Å². The quantitative estimate of drug-likeness (QED) is 0.163. The first-order valence-corrected chi connectivity index (χ1v) is 14.2. The number of benzene rings is 2. The van der Waals surface area contributed by atoms with Crippen molar-refractivity contribution in [3.05, 3.63) is 107 Å². The molecule has 4 aromatic rings. The number of hydrogen-bond acceptors (Lipinski definition) is 3. The van der Waals surface area contributed by atoms with Gasteiger partial charge in [-0.25, -0.2) is 4.39 Å². The summed E-state index contributed by atoms with van der Waals surface area (Å²) >= 11 is 0. The standard InChI is InChI=1S/C34H38FNO4/c1-4-5-11-32(26-14-13-25(20-23(2)3)30(35)21-26)40-28-17-15-24(16-18-28)34(39)29-22-27(9-8-12-33(37)38)36-19-7-6-10-31(29)36/h6-7,10,13-19,21-23,32H,4-5,8-9,11-12,20H2,1-3H3,(H,37,38). The van der Waals surface area contributed by atoms with Crippen LogP contribution < -0.4 is 4.74 Å². The van der Waals surface area contributed by atoms with Crippen molar-refractivity contribution in [2.24, 2.45) is 5.92 Å². The number of aryl methyl sites for hydroxylation is 1. The van der Waals surface area contributed by atoms with Crippen LogP contribution >= 0.6 is 0 Å². The number of fused-ring (bicyclic) bond motifs is 1. The van der Waals surface area contributed by atoms with Gasteiger partial charge in [-0.3, -0.25) is 9.59 Å². The zero-order chi connectivity index (χ0) is 28.6. The van der Waals surface area contributed by atoms with E-state index in [4.69, 9.17) is 9.84 Å². The summed E-state index contributed by atoms with van der Waals surface area (Å²) in [5.74, 6) is -0.128. The molecule has 0 radical (unpaired) electrons. The molecule has 6 heteroatoms. The summed E-state index contributed by atoms with van der Waals surface area (Å²) in [5, 5.41) is 8.99. The highest BCUT2D eigenvalue weighted by Crippen LogP contribution is 2.29. The molecule has 2 aromatic carbocycles. The van der Waals surface area contributed by atoms with Crippen LogP contribution in [0.3, 0.4) is 0 Å². The molecule has 0 aliphatic heterocycles. The molecular weight excluding hydrogens is 505 g/mol. The Morgan fingerprint density at radius 2 is 1.77 bits per heavy atom. The number of aliphatic carboxylic acids is 1. The highest BCUT2D eigenvalue weighted by molar-refractivity contribution is 6.13. The maximum atomic E-state index is 14.8. The first-order chi connectivity index (χ1) is 19.3. The summed E-state index contributed by atoms with van der Waals surface area (Å²) in [6.45, 7) is 6.28. The molecule has 2 heterocycles. The summed E-state index contributed by atoms with van der Waals surface area (Å²) in [7, 11) is 0. The van der Waals surface area contributed by atoms with Gasteiger partial charge in [-0.05, 0) is 97.7 Å². The molecule has 0 spiro atoms. The lowest BCUT2D eigenvalue weighted by Gasteiger charge is -2.20. The third-order valence-electron chi connectivity index (χ3n) is 7.12. The van der Waals surface area contributed by atoms with E-state index < -0.39 is 5.97 Å². The van der Waals surface area contributed by atoms with Crippen molar-refractivity contribution in [1.82, 2.24) is 4.40 Å². The lowest BCUT2D eigenvalue weighted by Crippen LogP contribution is -2.09. The predicted molar refractivity (Wildman–Crippen MR) is 156 cm³/mol. The number of pyridine rings is 1. The fourth-order valence-electron chi connectivity index (χ4n) is 5.08. The van der Waals surface area contributed by atoms with Gasteiger partial charge in [0, 0.05) is 29.4 Å². The zero-order valence-corrected chi connectivity index (χ0v) is 23.5. The third-order valence-corrected chi connectivity index (χ3v) is 7.12. The molecule has 0 bridgehead atoms. The van der Waals surface area contributed by atoms with Crippen LogP contribution in [0.2, 0.25) is 0 Å². The fourth-order valence-corrected chi connectivity index (χ4v) is 5.08. The van der Waals surface area contributed by atoms with Crippen molar-refractivity contribution in [1.29, 1.82) is 0 Å². The number of rotatable bonds is 14. The second-order valence-electron chi connectivity index (χ2n) is 10.8. The van der Waals surface area contributed by atoms with Gasteiger partial charge >= 0.3 is 5.97 Å². The number of ether oxygens (including phenoxy) is 1. The summed E-state index contributed by atoms with van der Waals surface area (Å²) in [6.07, 6.45) is 6.18. The maximum absolute atomic E-state index is 14.8. The molecular formula is C34H38FNO4. The Kier molecular flexibility index (Phi) is 9.75. The lowest BCUT2D eigenvalue weighted by molar-refractivity contribution is -0.137. The fraction of sp³-hybridized carbons (Fsp3) is 0.353. The normalized spacial score (nSPS) is 12.1. The predicted octanol–water partition coefficient (Wildman–Crippen LogP) is 8.23. The SMILES string of the molecule is CCCCC(Oc1ccc(C(=O)c2cc(CCCC(=O)O)n3ccccc23)cc1)c1ccc(CC(C)C)c(F)c1. The van der Waals surface area contributed by atoms with Crippen LogP contribution in [-0.2, 0) is 17.6 Å². The Hall–Kier alpha value is -3.93. The highest BCUT2D eigenvalue weighted by atomic mass is 19.1. The van der Waals surface area contributed by atoms with Crippen LogP contribution in [0.4, 0.5) is 4.39 Å². The van der Waals surface area contributed by atoms with Gasteiger partial charge in [0.05, 0.1) is 5.52 Å². The molecule has 0 aliphatic rings. The van der Waals surface area contributed by atoms with E-state index in [9.17, 15) is 14.0 Å². The largest absolute Gasteiger partial charge is 0.486 e. The molecule has 2 aromatic heterocycles. The highest BCUT2D eigenvalue weighted by Gasteiger charge is 2.19. The van der Waals surface area contributed by atoms with Gasteiger partial charge in [0.2, 0.25) is 0 Å². The van der Waals surface area contributed by atoms with E-state index >= 15 is 0 Å². The van der Waals surface area contributed by atoms with Gasteiger partial charge in [-0.2, -0.15) is 0 Å². The second-order valence-corrected chi connectivity index (χ2v) is 10.8. The van der Waals surface area contributed by atoms with Crippen molar-refractivity contribution >= 4 is 17.3 Å². The molecule has 5 nitrogen and oxygen atoms in total. The van der Waals surface area contributed by atoms with E-state index in [0.29, 0.717) is 42.1 Å². The van der Waals surface area contributed by atoms with Crippen LogP contribution in [0.1, 0.15) is 91.7 Å². The Morgan fingerprint density at radius 3 is 2.45 bits per heavy atom. The van der Waals surface area contributed by atoms with E-state index in [1.54, 1.807) is 30.3 Å². The Bertz CT molecular complexity index is 1450. The average Bonchev–Trinajstić information content (AvgIpc) is 3.30. The number of aromatic nitrogens is 1. The molecule has 40 heavy (non-hydrogen) atoms. The average molecular weight is 544 g/mol. The van der Waals surface area contributed by atoms with E-state index in [2.05, 4.69) is 20.8 Å². The Morgan fingerprint density at radius 1 is 1.00 bits per heavy atom. The second kappa shape index (κ2) is 13.4. The maximum Gasteiger partial charge on any atom is 0.303 e. The topological polar surface area (TPSA) is 68.0 Å². The number of carbonyl (C=O) groups is 2. The molecule has 0 amide bonds. The monoisotopic (exact) mass is 543 g/mol. The van der Waals surface area contributed by atoms with Crippen LogP contribution in [0.25, 0.3) is 5.52 Å². The molecule has 0 fully saturated rings. The Labute approximate surface area is 235 Å². The molecule has 210 valence electrons. The van der Waals surface area contributed by atoms with Crippen molar-refractivity contribution in [3.8, 4) is 5.75 Å². The summed E-state index contributed by atoms with van der Waals surface area (Å²) < 4.78 is 23.1. The third kappa shape index (κ3) is 7.17. The van der Waals surface area contributed by atoms with Crippen molar-refractivity contribution in [2.75, 3.05) is 0 Å². The van der Waals surface area contributed by atoms with Gasteiger partial charge in [-0.15, -0.1) is 0 Å². The summed E-state index contributed by atoms with van der Waals surface area (Å²) in [5.41, 5.74) is 4.35. The molecule has 1 unspecified atom stereocenters. The van der Waals surface area contributed by atoms with Crippen molar-refractivity contribution in [2.45, 2.75) is 71.8 Å². The number of carboxylic acid groups (broad SMARTS) is 1. The number of nitrogens with zero attached hydrogens (tertiary/aromatic N) is 1. The molecule has 4 rings (SSSR count).